The van der Waals surface area contributed by atoms with Crippen molar-refractivity contribution in [1.29, 1.82) is 0 Å². The Morgan fingerprint density at radius 1 is 0.667 bits per heavy atom. The molecule has 4 rings (SSSR count). The highest BCUT2D eigenvalue weighted by atomic mass is 32.1. The zero-order valence-corrected chi connectivity index (χ0v) is 20.5. The third-order valence-electron chi connectivity index (χ3n) is 4.85. The first-order valence-electron chi connectivity index (χ1n) is 10.9. The molecule has 0 amide bonds. The van der Waals surface area contributed by atoms with Crippen LogP contribution in [0.3, 0.4) is 0 Å². The van der Waals surface area contributed by atoms with Gasteiger partial charge >= 0.3 is 0 Å². The summed E-state index contributed by atoms with van der Waals surface area (Å²) in [6.07, 6.45) is 0. The SMILES string of the molecule is COc1ccc(N=NC(=S)NNc2ccc(OC)cc2Oc2ccccc2)c(Oc2ccccc2)c1. The van der Waals surface area contributed by atoms with Crippen molar-refractivity contribution in [3.63, 3.8) is 0 Å². The van der Waals surface area contributed by atoms with Crippen molar-refractivity contribution >= 4 is 28.7 Å². The second-order valence-electron chi connectivity index (χ2n) is 7.28. The number of nitrogens with one attached hydrogen (secondary N) is 2. The highest BCUT2D eigenvalue weighted by Crippen LogP contribution is 2.36. The van der Waals surface area contributed by atoms with Gasteiger partial charge in [-0.15, -0.1) is 10.2 Å². The topological polar surface area (TPSA) is 85.7 Å². The second kappa shape index (κ2) is 12.2. The number of ether oxygens (including phenoxy) is 4. The fourth-order valence-electron chi connectivity index (χ4n) is 3.08. The van der Waals surface area contributed by atoms with Gasteiger partial charge in [-0.05, 0) is 60.7 Å². The Morgan fingerprint density at radius 3 is 1.83 bits per heavy atom. The van der Waals surface area contributed by atoms with Gasteiger partial charge in [-0.25, -0.2) is 0 Å². The van der Waals surface area contributed by atoms with Crippen LogP contribution in [-0.2, 0) is 0 Å². The maximum atomic E-state index is 6.00. The van der Waals surface area contributed by atoms with Crippen LogP contribution in [0, 0.1) is 0 Å². The highest BCUT2D eigenvalue weighted by Gasteiger charge is 2.10. The first-order chi connectivity index (χ1) is 17.6. The summed E-state index contributed by atoms with van der Waals surface area (Å²) in [7, 11) is 3.18. The number of para-hydroxylation sites is 2. The van der Waals surface area contributed by atoms with E-state index in [1.807, 2.05) is 60.7 Å². The van der Waals surface area contributed by atoms with Gasteiger partial charge < -0.3 is 18.9 Å². The standard InChI is InChI=1S/C27H24N4O4S/c1-32-21-13-15-23(25(17-21)34-19-9-5-3-6-10-19)28-30-27(36)31-29-24-16-14-22(33-2)18-26(24)35-20-11-7-4-8-12-20/h3-18,28H,1-2H3,(H,30,36). The number of azo groups is 1. The summed E-state index contributed by atoms with van der Waals surface area (Å²) >= 11 is 5.33. The van der Waals surface area contributed by atoms with Crippen LogP contribution >= 0.6 is 12.2 Å². The zero-order valence-electron chi connectivity index (χ0n) is 19.7. The average Bonchev–Trinajstić information content (AvgIpc) is 2.92. The summed E-state index contributed by atoms with van der Waals surface area (Å²) in [5.41, 5.74) is 7.00. The molecule has 0 unspecified atom stereocenters. The summed E-state index contributed by atoms with van der Waals surface area (Å²) in [6, 6.07) is 29.4. The predicted octanol–water partition coefficient (Wildman–Crippen LogP) is 7.27. The molecule has 0 aliphatic heterocycles. The molecule has 0 aliphatic carbocycles. The lowest BCUT2D eigenvalue weighted by Gasteiger charge is -2.14. The molecule has 8 nitrogen and oxygen atoms in total. The number of hydrazine groups is 1. The largest absolute Gasteiger partial charge is 0.497 e. The van der Waals surface area contributed by atoms with E-state index in [1.54, 1.807) is 50.6 Å². The van der Waals surface area contributed by atoms with Crippen molar-refractivity contribution < 1.29 is 18.9 Å². The molecule has 0 bridgehead atoms. The zero-order chi connectivity index (χ0) is 25.2. The van der Waals surface area contributed by atoms with E-state index in [0.29, 0.717) is 45.9 Å². The van der Waals surface area contributed by atoms with Gasteiger partial charge in [0.05, 0.1) is 19.9 Å². The number of hydrogen-bond acceptors (Lipinski definition) is 7. The molecule has 2 N–H and O–H groups in total. The maximum Gasteiger partial charge on any atom is 0.232 e. The molecule has 0 aliphatic rings. The number of anilines is 1. The molecule has 0 fully saturated rings. The minimum Gasteiger partial charge on any atom is -0.497 e. The molecule has 36 heavy (non-hydrogen) atoms. The summed E-state index contributed by atoms with van der Waals surface area (Å²) in [6.45, 7) is 0. The van der Waals surface area contributed by atoms with E-state index in [0.717, 1.165) is 0 Å². The minimum atomic E-state index is 0.109. The van der Waals surface area contributed by atoms with Gasteiger partial charge in [0.2, 0.25) is 5.11 Å². The molecule has 0 aromatic heterocycles. The van der Waals surface area contributed by atoms with Crippen LogP contribution in [0.25, 0.3) is 0 Å². The Kier molecular flexibility index (Phi) is 8.29. The molecular weight excluding hydrogens is 476 g/mol. The Labute approximate surface area is 214 Å². The quantitative estimate of drug-likeness (QED) is 0.142. The molecule has 182 valence electrons. The van der Waals surface area contributed by atoms with Crippen molar-refractivity contribution in [2.75, 3.05) is 19.6 Å². The Bertz CT molecular complexity index is 1330. The van der Waals surface area contributed by atoms with Gasteiger partial charge in [0.25, 0.3) is 0 Å². The number of benzene rings is 4. The average molecular weight is 501 g/mol. The van der Waals surface area contributed by atoms with Crippen molar-refractivity contribution in [3.05, 3.63) is 97.1 Å². The van der Waals surface area contributed by atoms with E-state index in [2.05, 4.69) is 21.1 Å². The van der Waals surface area contributed by atoms with E-state index in [4.69, 9.17) is 31.2 Å². The molecule has 4 aromatic rings. The molecular formula is C27H24N4O4S. The van der Waals surface area contributed by atoms with Crippen molar-refractivity contribution in [2.45, 2.75) is 0 Å². The van der Waals surface area contributed by atoms with Gasteiger partial charge in [0, 0.05) is 12.1 Å². The van der Waals surface area contributed by atoms with Gasteiger partial charge in [-0.1, -0.05) is 36.4 Å². The Hall–Kier alpha value is -4.63. The van der Waals surface area contributed by atoms with Gasteiger partial charge in [-0.3, -0.25) is 10.9 Å². The molecule has 0 atom stereocenters. The van der Waals surface area contributed by atoms with Gasteiger partial charge in [-0.2, -0.15) is 0 Å². The van der Waals surface area contributed by atoms with Crippen LogP contribution in [0.2, 0.25) is 0 Å². The normalized spacial score (nSPS) is 10.5. The molecule has 4 aromatic carbocycles. The van der Waals surface area contributed by atoms with Crippen LogP contribution < -0.4 is 29.8 Å². The summed E-state index contributed by atoms with van der Waals surface area (Å²) in [5, 5.41) is 8.48. The summed E-state index contributed by atoms with van der Waals surface area (Å²) in [4.78, 5) is 0. The van der Waals surface area contributed by atoms with E-state index < -0.39 is 0 Å². The third-order valence-corrected chi connectivity index (χ3v) is 5.03. The van der Waals surface area contributed by atoms with E-state index in [9.17, 15) is 0 Å². The number of nitrogens with zero attached hydrogens (tertiary/aromatic N) is 2. The smallest absolute Gasteiger partial charge is 0.232 e. The lowest BCUT2D eigenvalue weighted by atomic mass is 10.2. The van der Waals surface area contributed by atoms with E-state index in [1.165, 1.54) is 0 Å². The van der Waals surface area contributed by atoms with Crippen molar-refractivity contribution in [2.24, 2.45) is 10.2 Å². The highest BCUT2D eigenvalue weighted by molar-refractivity contribution is 7.80. The first-order valence-corrected chi connectivity index (χ1v) is 11.3. The first kappa shape index (κ1) is 24.5. The fraction of sp³-hybridized carbons (Fsp3) is 0.0741. The monoisotopic (exact) mass is 500 g/mol. The molecule has 0 radical (unpaired) electrons. The van der Waals surface area contributed by atoms with Crippen LogP contribution in [0.5, 0.6) is 34.5 Å². The Morgan fingerprint density at radius 2 is 1.22 bits per heavy atom. The Balaban J connectivity index is 1.46. The van der Waals surface area contributed by atoms with Gasteiger partial charge in [0.1, 0.15) is 28.7 Å². The summed E-state index contributed by atoms with van der Waals surface area (Å²) in [5.74, 6) is 3.65. The number of rotatable bonds is 9. The number of thiocarbonyl (C=S) groups is 1. The van der Waals surface area contributed by atoms with Crippen LogP contribution in [0.15, 0.2) is 107 Å². The molecule has 0 spiro atoms. The van der Waals surface area contributed by atoms with Crippen LogP contribution in [-0.4, -0.2) is 19.3 Å². The predicted molar refractivity (Wildman–Crippen MR) is 143 cm³/mol. The van der Waals surface area contributed by atoms with E-state index in [-0.39, 0.29) is 5.11 Å². The number of methoxy groups -OCH3 is 2. The minimum absolute atomic E-state index is 0.109. The second-order valence-corrected chi connectivity index (χ2v) is 7.67. The van der Waals surface area contributed by atoms with Crippen LogP contribution in [0.1, 0.15) is 0 Å². The lowest BCUT2D eigenvalue weighted by Crippen LogP contribution is -2.26. The molecule has 0 saturated heterocycles. The maximum absolute atomic E-state index is 6.00. The third kappa shape index (κ3) is 6.71. The van der Waals surface area contributed by atoms with Crippen molar-refractivity contribution in [3.8, 4) is 34.5 Å². The van der Waals surface area contributed by atoms with Crippen LogP contribution in [0.4, 0.5) is 11.4 Å². The summed E-state index contributed by atoms with van der Waals surface area (Å²) < 4.78 is 22.6. The number of hydrogen-bond donors (Lipinski definition) is 2. The fourth-order valence-corrected chi connectivity index (χ4v) is 3.17. The molecule has 0 heterocycles. The van der Waals surface area contributed by atoms with Gasteiger partial charge in [0.15, 0.2) is 11.5 Å². The lowest BCUT2D eigenvalue weighted by molar-refractivity contribution is 0.409. The molecule has 9 heteroatoms. The molecule has 0 saturated carbocycles. The van der Waals surface area contributed by atoms with Crippen molar-refractivity contribution in [1.82, 2.24) is 5.43 Å². The van der Waals surface area contributed by atoms with E-state index >= 15 is 0 Å².